The lowest BCUT2D eigenvalue weighted by Gasteiger charge is -2.20. The number of aliphatic hydroxyl groups is 1. The van der Waals surface area contributed by atoms with Crippen molar-refractivity contribution in [3.05, 3.63) is 95.4 Å². The molecular weight excluding hydrogens is 396 g/mol. The fraction of sp³-hybridized carbons (Fsp3) is 0.208. The van der Waals surface area contributed by atoms with Crippen LogP contribution < -0.4 is 0 Å². The van der Waals surface area contributed by atoms with E-state index in [9.17, 15) is 14.7 Å². The molecule has 1 aromatic heterocycles. The van der Waals surface area contributed by atoms with Crippen molar-refractivity contribution >= 4 is 17.6 Å². The maximum Gasteiger partial charge on any atom is 0.340 e. The smallest absolute Gasteiger partial charge is 0.340 e. The van der Waals surface area contributed by atoms with E-state index in [0.717, 1.165) is 16.8 Å². The zero-order chi connectivity index (χ0) is 21.8. The van der Waals surface area contributed by atoms with Crippen LogP contribution in [0.2, 0.25) is 0 Å². The minimum atomic E-state index is -1.46. The Morgan fingerprint density at radius 1 is 1.13 bits per heavy atom. The lowest BCUT2D eigenvalue weighted by molar-refractivity contribution is -0.160. The molecule has 0 fully saturated rings. The number of carbonyl (C=O) groups excluding carboxylic acids is 2. The molecule has 1 amide bonds. The summed E-state index contributed by atoms with van der Waals surface area (Å²) in [5, 5.41) is 15.9. The van der Waals surface area contributed by atoms with Gasteiger partial charge in [0.1, 0.15) is 11.8 Å². The molecule has 0 saturated heterocycles. The number of aliphatic hydroxyl groups excluding tert-OH is 1. The van der Waals surface area contributed by atoms with E-state index in [-0.39, 0.29) is 0 Å². The van der Waals surface area contributed by atoms with E-state index >= 15 is 0 Å². The van der Waals surface area contributed by atoms with Crippen LogP contribution in [0.15, 0.2) is 82.5 Å². The fourth-order valence-electron chi connectivity index (χ4n) is 3.41. The Morgan fingerprint density at radius 2 is 1.87 bits per heavy atom. The summed E-state index contributed by atoms with van der Waals surface area (Å²) < 4.78 is 10.6. The molecule has 1 aliphatic heterocycles. The Balaban J connectivity index is 1.48. The normalized spacial score (nSPS) is 16.6. The van der Waals surface area contributed by atoms with Crippen LogP contribution in [0.25, 0.3) is 0 Å². The highest BCUT2D eigenvalue weighted by atomic mass is 16.5. The highest BCUT2D eigenvalue weighted by molar-refractivity contribution is 6.03. The van der Waals surface area contributed by atoms with Gasteiger partial charge in [0.05, 0.1) is 12.0 Å². The number of nitrogens with zero attached hydrogens (tertiary/aromatic N) is 2. The van der Waals surface area contributed by atoms with Crippen LogP contribution in [0.3, 0.4) is 0 Å². The van der Waals surface area contributed by atoms with Crippen molar-refractivity contribution in [3.8, 4) is 0 Å². The lowest BCUT2D eigenvalue weighted by Crippen LogP contribution is -2.32. The van der Waals surface area contributed by atoms with Crippen LogP contribution >= 0.6 is 0 Å². The average molecular weight is 418 g/mol. The zero-order valence-corrected chi connectivity index (χ0v) is 17.0. The third-order valence-corrected chi connectivity index (χ3v) is 5.10. The average Bonchev–Trinajstić information content (AvgIpc) is 3.48. The summed E-state index contributed by atoms with van der Waals surface area (Å²) in [6.07, 6.45) is 0.557. The largest absolute Gasteiger partial charge is 0.467 e. The lowest BCUT2D eigenvalue weighted by atomic mass is 10.0. The SMILES string of the molecule is Cc1ccc(C2=NN(C(=O)COC(=O)[C@@H](O)c3ccccc3)[C@H](c3ccco3)C2)cc1. The fourth-order valence-corrected chi connectivity index (χ4v) is 3.41. The summed E-state index contributed by atoms with van der Waals surface area (Å²) in [5.74, 6) is -0.803. The first-order chi connectivity index (χ1) is 15.0. The van der Waals surface area contributed by atoms with Crippen molar-refractivity contribution in [1.82, 2.24) is 5.01 Å². The molecule has 158 valence electrons. The van der Waals surface area contributed by atoms with Crippen molar-refractivity contribution in [2.45, 2.75) is 25.5 Å². The third-order valence-electron chi connectivity index (χ3n) is 5.10. The van der Waals surface area contributed by atoms with Crippen molar-refractivity contribution < 1.29 is 23.8 Å². The predicted molar refractivity (Wildman–Crippen MR) is 113 cm³/mol. The number of hydrogen-bond acceptors (Lipinski definition) is 6. The van der Waals surface area contributed by atoms with Gasteiger partial charge in [-0.2, -0.15) is 5.10 Å². The summed E-state index contributed by atoms with van der Waals surface area (Å²) in [4.78, 5) is 25.1. The standard InChI is InChI=1S/C24H22N2O5/c1-16-9-11-17(12-10-16)19-14-20(21-8-5-13-30-21)26(25-19)22(27)15-31-24(29)23(28)18-6-3-2-4-7-18/h2-13,20,23,28H,14-15H2,1H3/t20-,23-/m0/s1. The number of furan rings is 1. The molecule has 0 saturated carbocycles. The Morgan fingerprint density at radius 3 is 2.55 bits per heavy atom. The maximum absolute atomic E-state index is 12.9. The Hall–Kier alpha value is -3.71. The van der Waals surface area contributed by atoms with Crippen molar-refractivity contribution in [2.24, 2.45) is 5.10 Å². The number of aryl methyl sites for hydroxylation is 1. The van der Waals surface area contributed by atoms with Gasteiger partial charge in [-0.05, 0) is 30.2 Å². The van der Waals surface area contributed by atoms with Crippen LogP contribution in [0, 0.1) is 6.92 Å². The van der Waals surface area contributed by atoms with Gasteiger partial charge in [-0.25, -0.2) is 9.80 Å². The number of ether oxygens (including phenoxy) is 1. The molecule has 3 aromatic rings. The molecule has 4 rings (SSSR count). The molecule has 7 nitrogen and oxygen atoms in total. The molecule has 0 spiro atoms. The van der Waals surface area contributed by atoms with Gasteiger partial charge in [-0.15, -0.1) is 0 Å². The van der Waals surface area contributed by atoms with Crippen molar-refractivity contribution in [1.29, 1.82) is 0 Å². The van der Waals surface area contributed by atoms with Gasteiger partial charge in [0, 0.05) is 6.42 Å². The molecule has 2 atom stereocenters. The molecule has 1 N–H and O–H groups in total. The summed E-state index contributed by atoms with van der Waals surface area (Å²) in [6.45, 7) is 1.46. The summed E-state index contributed by atoms with van der Waals surface area (Å²) in [7, 11) is 0. The molecular formula is C24H22N2O5. The first kappa shape index (κ1) is 20.6. The third kappa shape index (κ3) is 4.57. The topological polar surface area (TPSA) is 92.3 Å². The van der Waals surface area contributed by atoms with Crippen LogP contribution in [-0.2, 0) is 14.3 Å². The Labute approximate surface area is 179 Å². The van der Waals surface area contributed by atoms with E-state index in [2.05, 4.69) is 5.10 Å². The predicted octanol–water partition coefficient (Wildman–Crippen LogP) is 3.54. The molecule has 1 aliphatic rings. The van der Waals surface area contributed by atoms with Gasteiger partial charge in [0.2, 0.25) is 0 Å². The molecule has 2 heterocycles. The van der Waals surface area contributed by atoms with Crippen LogP contribution in [0.5, 0.6) is 0 Å². The quantitative estimate of drug-likeness (QED) is 0.618. The van der Waals surface area contributed by atoms with Crippen LogP contribution in [0.1, 0.15) is 41.0 Å². The highest BCUT2D eigenvalue weighted by Gasteiger charge is 2.35. The molecule has 0 bridgehead atoms. The van der Waals surface area contributed by atoms with Gasteiger partial charge in [-0.3, -0.25) is 4.79 Å². The van der Waals surface area contributed by atoms with Crippen molar-refractivity contribution in [2.75, 3.05) is 6.61 Å². The van der Waals surface area contributed by atoms with Gasteiger partial charge in [0.15, 0.2) is 12.7 Å². The Kier molecular flexibility index (Phi) is 5.95. The summed E-state index contributed by atoms with van der Waals surface area (Å²) in [5.41, 5.74) is 3.18. The zero-order valence-electron chi connectivity index (χ0n) is 17.0. The summed E-state index contributed by atoms with van der Waals surface area (Å²) >= 11 is 0. The van der Waals surface area contributed by atoms with E-state index in [4.69, 9.17) is 9.15 Å². The first-order valence-electron chi connectivity index (χ1n) is 9.92. The molecule has 0 unspecified atom stereocenters. The maximum atomic E-state index is 12.9. The van der Waals surface area contributed by atoms with Gasteiger partial charge >= 0.3 is 5.97 Å². The van der Waals surface area contributed by atoms with Crippen LogP contribution in [0.4, 0.5) is 0 Å². The highest BCUT2D eigenvalue weighted by Crippen LogP contribution is 2.33. The second-order valence-electron chi connectivity index (χ2n) is 7.31. The number of rotatable bonds is 6. The van der Waals surface area contributed by atoms with Crippen LogP contribution in [-0.4, -0.2) is 34.3 Å². The number of benzene rings is 2. The number of esters is 1. The van der Waals surface area contributed by atoms with E-state index in [1.807, 2.05) is 31.2 Å². The second-order valence-corrected chi connectivity index (χ2v) is 7.31. The minimum absolute atomic E-state index is 0.397. The van der Waals surface area contributed by atoms with Gasteiger partial charge in [-0.1, -0.05) is 60.2 Å². The number of hydrogen-bond donors (Lipinski definition) is 1. The van der Waals surface area contributed by atoms with E-state index < -0.39 is 30.6 Å². The summed E-state index contributed by atoms with van der Waals surface area (Å²) in [6, 6.07) is 19.4. The monoisotopic (exact) mass is 418 g/mol. The van der Waals surface area contributed by atoms with E-state index in [1.165, 1.54) is 11.3 Å². The molecule has 7 heteroatoms. The van der Waals surface area contributed by atoms with Gasteiger partial charge in [0.25, 0.3) is 5.91 Å². The second kappa shape index (κ2) is 8.97. The number of carbonyl (C=O) groups is 2. The Bertz CT molecular complexity index is 1070. The molecule has 0 aliphatic carbocycles. The molecule has 0 radical (unpaired) electrons. The van der Waals surface area contributed by atoms with E-state index in [1.54, 1.807) is 42.5 Å². The molecule has 31 heavy (non-hydrogen) atoms. The minimum Gasteiger partial charge on any atom is -0.467 e. The number of amides is 1. The van der Waals surface area contributed by atoms with E-state index in [0.29, 0.717) is 17.7 Å². The first-order valence-corrected chi connectivity index (χ1v) is 9.92. The molecule has 2 aromatic carbocycles. The van der Waals surface area contributed by atoms with Gasteiger partial charge < -0.3 is 14.3 Å². The number of hydrazone groups is 1. The van der Waals surface area contributed by atoms with Crippen molar-refractivity contribution in [3.63, 3.8) is 0 Å².